The minimum Gasteiger partial charge on any atom is -0.371 e. The van der Waals surface area contributed by atoms with Gasteiger partial charge in [0.05, 0.1) is 0 Å². The zero-order valence-corrected chi connectivity index (χ0v) is 8.50. The number of aliphatic hydroxyl groups is 1. The molecule has 0 heterocycles. The van der Waals surface area contributed by atoms with E-state index in [-0.39, 0.29) is 0 Å². The molecule has 66 valence electrons. The quantitative estimate of drug-likeness (QED) is 0.703. The Labute approximate surface area is 84.9 Å². The van der Waals surface area contributed by atoms with Crippen LogP contribution in [-0.2, 0) is 12.0 Å². The van der Waals surface area contributed by atoms with Gasteiger partial charge in [0.25, 0.3) is 0 Å². The average Bonchev–Trinajstić information content (AvgIpc) is 2.45. The third-order valence-corrected chi connectivity index (χ3v) is 2.95. The van der Waals surface area contributed by atoms with Gasteiger partial charge >= 0.3 is 0 Å². The van der Waals surface area contributed by atoms with Crippen molar-refractivity contribution in [1.29, 1.82) is 5.26 Å². The van der Waals surface area contributed by atoms with Crippen LogP contribution in [0.1, 0.15) is 17.5 Å². The lowest BCUT2D eigenvalue weighted by molar-refractivity contribution is 0.1000. The maximum absolute atomic E-state index is 9.87. The normalized spacial score (nSPS) is 25.3. The first-order chi connectivity index (χ1) is 6.15. The third kappa shape index (κ3) is 1.27. The summed E-state index contributed by atoms with van der Waals surface area (Å²) in [4.78, 5) is 0. The van der Waals surface area contributed by atoms with Crippen molar-refractivity contribution in [2.45, 2.75) is 18.4 Å². The molecule has 0 saturated heterocycles. The van der Waals surface area contributed by atoms with Gasteiger partial charge in [-0.2, -0.15) is 5.26 Å². The molecule has 0 saturated carbocycles. The summed E-state index contributed by atoms with van der Waals surface area (Å²) in [6, 6.07) is 7.59. The molecule has 0 bridgehead atoms. The summed E-state index contributed by atoms with van der Waals surface area (Å²) in [6.07, 6.45) is 1.29. The molecule has 0 unspecified atom stereocenters. The number of hydrogen-bond donors (Lipinski definition) is 1. The fourth-order valence-corrected chi connectivity index (χ4v) is 2.15. The third-order valence-electron chi connectivity index (χ3n) is 2.45. The molecular formula is C10H8BrNO. The Hall–Kier alpha value is -0.850. The van der Waals surface area contributed by atoms with E-state index >= 15 is 0 Å². The summed E-state index contributed by atoms with van der Waals surface area (Å²) < 4.78 is 0.994. The predicted octanol–water partition coefficient (Wildman–Crippen LogP) is 2.11. The Morgan fingerprint density at radius 1 is 1.54 bits per heavy atom. The summed E-state index contributed by atoms with van der Waals surface area (Å²) >= 11 is 3.36. The highest BCUT2D eigenvalue weighted by Gasteiger charge is 2.36. The van der Waals surface area contributed by atoms with Gasteiger partial charge in [0.1, 0.15) is 6.07 Å². The Morgan fingerprint density at radius 2 is 2.31 bits per heavy atom. The number of aryl methyl sites for hydroxylation is 1. The Balaban J connectivity index is 2.57. The summed E-state index contributed by atoms with van der Waals surface area (Å²) in [6.45, 7) is 0. The molecule has 0 fully saturated rings. The summed E-state index contributed by atoms with van der Waals surface area (Å²) in [7, 11) is 0. The van der Waals surface area contributed by atoms with Crippen LogP contribution in [0.5, 0.6) is 0 Å². The summed E-state index contributed by atoms with van der Waals surface area (Å²) in [5.74, 6) is 0. The van der Waals surface area contributed by atoms with Gasteiger partial charge in [-0.1, -0.05) is 22.0 Å². The Morgan fingerprint density at radius 3 is 3.00 bits per heavy atom. The zero-order valence-electron chi connectivity index (χ0n) is 6.92. The monoisotopic (exact) mass is 237 g/mol. The van der Waals surface area contributed by atoms with Gasteiger partial charge in [-0.05, 0) is 30.5 Å². The second-order valence-corrected chi connectivity index (χ2v) is 4.19. The first-order valence-corrected chi connectivity index (χ1v) is 4.87. The van der Waals surface area contributed by atoms with Gasteiger partial charge in [-0.15, -0.1) is 0 Å². The molecular weight excluding hydrogens is 230 g/mol. The molecule has 2 rings (SSSR count). The molecule has 0 aromatic heterocycles. The predicted molar refractivity (Wildman–Crippen MR) is 52.0 cm³/mol. The van der Waals surface area contributed by atoms with Crippen molar-refractivity contribution in [1.82, 2.24) is 0 Å². The molecule has 0 amide bonds. The number of halogens is 1. The highest BCUT2D eigenvalue weighted by atomic mass is 79.9. The molecule has 0 spiro atoms. The maximum Gasteiger partial charge on any atom is 0.177 e. The van der Waals surface area contributed by atoms with Crippen LogP contribution in [0.15, 0.2) is 22.7 Å². The summed E-state index contributed by atoms with van der Waals surface area (Å²) in [5, 5.41) is 18.7. The molecule has 1 aromatic carbocycles. The van der Waals surface area contributed by atoms with Crippen LogP contribution >= 0.6 is 15.9 Å². The molecule has 2 nitrogen and oxygen atoms in total. The van der Waals surface area contributed by atoms with Crippen molar-refractivity contribution in [3.8, 4) is 6.07 Å². The van der Waals surface area contributed by atoms with Crippen molar-refractivity contribution >= 4 is 15.9 Å². The van der Waals surface area contributed by atoms with Gasteiger partial charge in [0, 0.05) is 10.0 Å². The van der Waals surface area contributed by atoms with Crippen molar-refractivity contribution in [2.75, 3.05) is 0 Å². The van der Waals surface area contributed by atoms with E-state index in [1.54, 1.807) is 0 Å². The lowest BCUT2D eigenvalue weighted by atomic mass is 9.98. The van der Waals surface area contributed by atoms with E-state index in [0.29, 0.717) is 6.42 Å². The first kappa shape index (κ1) is 8.74. The number of nitriles is 1. The topological polar surface area (TPSA) is 44.0 Å². The molecule has 0 aliphatic heterocycles. The van der Waals surface area contributed by atoms with Gasteiger partial charge in [0.2, 0.25) is 0 Å². The molecule has 1 N–H and O–H groups in total. The van der Waals surface area contributed by atoms with Crippen LogP contribution in [0.25, 0.3) is 0 Å². The van der Waals surface area contributed by atoms with E-state index in [1.807, 2.05) is 24.3 Å². The lowest BCUT2D eigenvalue weighted by Crippen LogP contribution is -2.18. The average molecular weight is 238 g/mol. The van der Waals surface area contributed by atoms with Crippen LogP contribution in [0, 0.1) is 11.3 Å². The van der Waals surface area contributed by atoms with Crippen molar-refractivity contribution < 1.29 is 5.11 Å². The largest absolute Gasteiger partial charge is 0.371 e. The van der Waals surface area contributed by atoms with Crippen LogP contribution < -0.4 is 0 Å². The number of nitrogens with zero attached hydrogens (tertiary/aromatic N) is 1. The number of fused-ring (bicyclic) bond motifs is 1. The van der Waals surface area contributed by atoms with Crippen molar-refractivity contribution in [3.05, 3.63) is 33.8 Å². The molecule has 1 aliphatic carbocycles. The van der Waals surface area contributed by atoms with E-state index in [0.717, 1.165) is 22.0 Å². The maximum atomic E-state index is 9.87. The van der Waals surface area contributed by atoms with Gasteiger partial charge in [-0.25, -0.2) is 0 Å². The molecule has 13 heavy (non-hydrogen) atoms. The molecule has 0 radical (unpaired) electrons. The van der Waals surface area contributed by atoms with Gasteiger partial charge in [0.15, 0.2) is 5.60 Å². The van der Waals surface area contributed by atoms with Crippen LogP contribution in [0.4, 0.5) is 0 Å². The smallest absolute Gasteiger partial charge is 0.177 e. The standard InChI is InChI=1S/C10H8BrNO/c11-8-1-2-9-7(5-8)3-4-10(9,13)6-12/h1-2,5,13H,3-4H2/t10-/m0/s1. The van der Waals surface area contributed by atoms with Gasteiger partial charge < -0.3 is 5.11 Å². The fourth-order valence-electron chi connectivity index (χ4n) is 1.74. The fraction of sp³-hybridized carbons (Fsp3) is 0.300. The Bertz CT molecular complexity index is 396. The minimum absolute atomic E-state index is 0.509. The zero-order chi connectivity index (χ0) is 9.47. The number of benzene rings is 1. The highest BCUT2D eigenvalue weighted by Crippen LogP contribution is 2.37. The van der Waals surface area contributed by atoms with Crippen LogP contribution in [0.3, 0.4) is 0 Å². The van der Waals surface area contributed by atoms with Crippen LogP contribution in [-0.4, -0.2) is 5.11 Å². The second kappa shape index (κ2) is 2.83. The second-order valence-electron chi connectivity index (χ2n) is 3.27. The molecule has 3 heteroatoms. The van der Waals surface area contributed by atoms with E-state index in [1.165, 1.54) is 0 Å². The lowest BCUT2D eigenvalue weighted by Gasteiger charge is -2.13. The SMILES string of the molecule is N#C[C@@]1(O)CCc2cc(Br)ccc21. The van der Waals surface area contributed by atoms with Crippen LogP contribution in [0.2, 0.25) is 0 Å². The van der Waals surface area contributed by atoms with E-state index < -0.39 is 5.60 Å². The van der Waals surface area contributed by atoms with Crippen molar-refractivity contribution in [2.24, 2.45) is 0 Å². The molecule has 1 atom stereocenters. The number of rotatable bonds is 0. The van der Waals surface area contributed by atoms with E-state index in [4.69, 9.17) is 5.26 Å². The molecule has 1 aromatic rings. The van der Waals surface area contributed by atoms with Gasteiger partial charge in [-0.3, -0.25) is 0 Å². The first-order valence-electron chi connectivity index (χ1n) is 4.08. The van der Waals surface area contributed by atoms with E-state index in [9.17, 15) is 5.11 Å². The Kier molecular flexibility index (Phi) is 1.90. The highest BCUT2D eigenvalue weighted by molar-refractivity contribution is 9.10. The van der Waals surface area contributed by atoms with Crippen molar-refractivity contribution in [3.63, 3.8) is 0 Å². The summed E-state index contributed by atoms with van der Waals surface area (Å²) in [5.41, 5.74) is 0.576. The number of hydrogen-bond acceptors (Lipinski definition) is 2. The minimum atomic E-state index is -1.25. The molecule has 1 aliphatic rings. The van der Waals surface area contributed by atoms with E-state index in [2.05, 4.69) is 15.9 Å².